The quantitative estimate of drug-likeness (QED) is 0.771. The molecule has 0 radical (unpaired) electrons. The monoisotopic (exact) mass is 186 g/mol. The van der Waals surface area contributed by atoms with Crippen LogP contribution in [0, 0.1) is 0 Å². The number of carboxylic acid groups (broad SMARTS) is 1. The summed E-state index contributed by atoms with van der Waals surface area (Å²) in [6, 6.07) is 7.03. The van der Waals surface area contributed by atoms with E-state index in [2.05, 4.69) is 6.08 Å². The lowest BCUT2D eigenvalue weighted by atomic mass is 10.0. The summed E-state index contributed by atoms with van der Waals surface area (Å²) in [5.41, 5.74) is 2.51. The largest absolute Gasteiger partial charge is 0.478 e. The molecular formula is C12H10O2. The first-order chi connectivity index (χ1) is 6.77. The third-order valence-electron chi connectivity index (χ3n) is 2.25. The maximum Gasteiger partial charge on any atom is 0.335 e. The van der Waals surface area contributed by atoms with Crippen LogP contribution in [0.5, 0.6) is 0 Å². The Hall–Kier alpha value is -1.83. The summed E-state index contributed by atoms with van der Waals surface area (Å²) in [5, 5.41) is 8.82. The first-order valence-corrected chi connectivity index (χ1v) is 4.47. The molecule has 0 amide bonds. The Morgan fingerprint density at radius 2 is 2.21 bits per heavy atom. The molecule has 0 atom stereocenters. The minimum absolute atomic E-state index is 0.343. The van der Waals surface area contributed by atoms with E-state index in [9.17, 15) is 4.79 Å². The number of carboxylic acids is 1. The Morgan fingerprint density at radius 1 is 1.36 bits per heavy atom. The highest BCUT2D eigenvalue weighted by molar-refractivity contribution is 5.89. The average Bonchev–Trinajstić information content (AvgIpc) is 2.71. The first kappa shape index (κ1) is 8.75. The number of allylic oxidation sites excluding steroid dienone is 4. The Labute approximate surface area is 82.2 Å². The van der Waals surface area contributed by atoms with Crippen molar-refractivity contribution in [3.63, 3.8) is 0 Å². The fourth-order valence-electron chi connectivity index (χ4n) is 1.51. The average molecular weight is 186 g/mol. The van der Waals surface area contributed by atoms with Gasteiger partial charge in [-0.15, -0.1) is 0 Å². The smallest absolute Gasteiger partial charge is 0.335 e. The molecule has 1 aromatic rings. The Balaban J connectivity index is 2.35. The van der Waals surface area contributed by atoms with Crippen molar-refractivity contribution in [1.82, 2.24) is 0 Å². The van der Waals surface area contributed by atoms with Gasteiger partial charge in [-0.25, -0.2) is 4.79 Å². The lowest BCUT2D eigenvalue weighted by Gasteiger charge is -2.02. The zero-order valence-corrected chi connectivity index (χ0v) is 7.60. The van der Waals surface area contributed by atoms with Crippen LogP contribution in [0.3, 0.4) is 0 Å². The van der Waals surface area contributed by atoms with Crippen LogP contribution >= 0.6 is 0 Å². The first-order valence-electron chi connectivity index (χ1n) is 4.47. The van der Waals surface area contributed by atoms with Gasteiger partial charge in [0.2, 0.25) is 0 Å². The molecule has 0 bridgehead atoms. The molecule has 0 aliphatic heterocycles. The van der Waals surface area contributed by atoms with Gasteiger partial charge in [-0.1, -0.05) is 30.4 Å². The molecule has 1 N–H and O–H groups in total. The molecule has 1 aromatic carbocycles. The fraction of sp³-hybridized carbons (Fsp3) is 0.0833. The molecule has 0 saturated heterocycles. The minimum Gasteiger partial charge on any atom is -0.478 e. The molecule has 1 aliphatic carbocycles. The molecule has 0 aromatic heterocycles. The Bertz CT molecular complexity index is 428. The molecule has 0 saturated carbocycles. The van der Waals surface area contributed by atoms with E-state index in [1.807, 2.05) is 18.2 Å². The summed E-state index contributed by atoms with van der Waals surface area (Å²) in [6.45, 7) is 0. The molecule has 0 heterocycles. The Kier molecular flexibility index (Phi) is 2.19. The van der Waals surface area contributed by atoms with Crippen molar-refractivity contribution in [2.24, 2.45) is 0 Å². The number of hydrogen-bond donors (Lipinski definition) is 1. The molecule has 0 spiro atoms. The molecule has 2 nitrogen and oxygen atoms in total. The molecule has 14 heavy (non-hydrogen) atoms. The molecular weight excluding hydrogens is 176 g/mol. The van der Waals surface area contributed by atoms with E-state index in [-0.39, 0.29) is 0 Å². The molecule has 70 valence electrons. The van der Waals surface area contributed by atoms with Gasteiger partial charge in [0.15, 0.2) is 0 Å². The van der Waals surface area contributed by atoms with Gasteiger partial charge in [0.1, 0.15) is 0 Å². The van der Waals surface area contributed by atoms with Crippen LogP contribution in [-0.4, -0.2) is 11.1 Å². The van der Waals surface area contributed by atoms with Gasteiger partial charge in [0.25, 0.3) is 0 Å². The molecule has 0 fully saturated rings. The summed E-state index contributed by atoms with van der Waals surface area (Å²) in [4.78, 5) is 10.7. The number of benzene rings is 1. The molecule has 0 unspecified atom stereocenters. The van der Waals surface area contributed by atoms with E-state index in [0.717, 1.165) is 12.0 Å². The second kappa shape index (κ2) is 3.50. The second-order valence-corrected chi connectivity index (χ2v) is 3.21. The highest BCUT2D eigenvalue weighted by atomic mass is 16.4. The lowest BCUT2D eigenvalue weighted by Crippen LogP contribution is -1.96. The maximum atomic E-state index is 10.7. The van der Waals surface area contributed by atoms with Gasteiger partial charge in [0.05, 0.1) is 5.56 Å². The van der Waals surface area contributed by atoms with Crippen molar-refractivity contribution in [1.29, 1.82) is 0 Å². The van der Waals surface area contributed by atoms with Crippen molar-refractivity contribution < 1.29 is 9.90 Å². The minimum atomic E-state index is -0.876. The predicted octanol–water partition coefficient (Wildman–Crippen LogP) is 2.73. The second-order valence-electron chi connectivity index (χ2n) is 3.21. The van der Waals surface area contributed by atoms with Gasteiger partial charge in [-0.05, 0) is 29.7 Å². The third kappa shape index (κ3) is 1.59. The Morgan fingerprint density at radius 3 is 2.86 bits per heavy atom. The van der Waals surface area contributed by atoms with Crippen molar-refractivity contribution in [2.75, 3.05) is 0 Å². The molecule has 1 aliphatic rings. The van der Waals surface area contributed by atoms with Gasteiger partial charge in [0, 0.05) is 0 Å². The van der Waals surface area contributed by atoms with Crippen LogP contribution in [0.2, 0.25) is 0 Å². The summed E-state index contributed by atoms with van der Waals surface area (Å²) in [6.07, 6.45) is 6.95. The summed E-state index contributed by atoms with van der Waals surface area (Å²) in [7, 11) is 0. The van der Waals surface area contributed by atoms with Crippen molar-refractivity contribution >= 4 is 11.5 Å². The number of rotatable bonds is 2. The van der Waals surface area contributed by atoms with Crippen molar-refractivity contribution in [2.45, 2.75) is 6.42 Å². The van der Waals surface area contributed by atoms with Crippen LogP contribution in [0.25, 0.3) is 5.57 Å². The molecule has 2 heteroatoms. The zero-order chi connectivity index (χ0) is 9.97. The van der Waals surface area contributed by atoms with E-state index in [1.165, 1.54) is 5.57 Å². The van der Waals surface area contributed by atoms with E-state index >= 15 is 0 Å². The van der Waals surface area contributed by atoms with Gasteiger partial charge in [-0.2, -0.15) is 0 Å². The standard InChI is InChI=1S/C12H10O2/c13-12(14)11-7-3-6-10(8-11)9-4-1-2-5-9/h1-4,6-8H,5H2,(H,13,14). The summed E-state index contributed by atoms with van der Waals surface area (Å²) < 4.78 is 0. The van der Waals surface area contributed by atoms with E-state index < -0.39 is 5.97 Å². The summed E-state index contributed by atoms with van der Waals surface area (Å²) >= 11 is 0. The zero-order valence-electron chi connectivity index (χ0n) is 7.60. The lowest BCUT2D eigenvalue weighted by molar-refractivity contribution is 0.0697. The van der Waals surface area contributed by atoms with Crippen LogP contribution in [0.4, 0.5) is 0 Å². The number of aromatic carboxylic acids is 1. The highest BCUT2D eigenvalue weighted by Gasteiger charge is 2.06. The van der Waals surface area contributed by atoms with E-state index in [4.69, 9.17) is 5.11 Å². The van der Waals surface area contributed by atoms with Crippen LogP contribution in [-0.2, 0) is 0 Å². The van der Waals surface area contributed by atoms with Gasteiger partial charge in [-0.3, -0.25) is 0 Å². The highest BCUT2D eigenvalue weighted by Crippen LogP contribution is 2.23. The third-order valence-corrected chi connectivity index (χ3v) is 2.25. The van der Waals surface area contributed by atoms with Crippen molar-refractivity contribution in [3.05, 3.63) is 53.6 Å². The fourth-order valence-corrected chi connectivity index (χ4v) is 1.51. The van der Waals surface area contributed by atoms with E-state index in [0.29, 0.717) is 5.56 Å². The van der Waals surface area contributed by atoms with Gasteiger partial charge >= 0.3 is 5.97 Å². The summed E-state index contributed by atoms with van der Waals surface area (Å²) in [5.74, 6) is -0.876. The maximum absolute atomic E-state index is 10.7. The SMILES string of the molecule is O=C(O)c1cccc(C2=CC=CC2)c1. The van der Waals surface area contributed by atoms with Crippen LogP contribution in [0.15, 0.2) is 42.5 Å². The number of hydrogen-bond acceptors (Lipinski definition) is 1. The van der Waals surface area contributed by atoms with E-state index in [1.54, 1.807) is 18.2 Å². The predicted molar refractivity (Wildman–Crippen MR) is 55.1 cm³/mol. The number of carbonyl (C=O) groups is 1. The molecule has 2 rings (SSSR count). The van der Waals surface area contributed by atoms with Crippen LogP contribution < -0.4 is 0 Å². The van der Waals surface area contributed by atoms with Crippen LogP contribution in [0.1, 0.15) is 22.3 Å². The topological polar surface area (TPSA) is 37.3 Å². The van der Waals surface area contributed by atoms with Crippen molar-refractivity contribution in [3.8, 4) is 0 Å². The van der Waals surface area contributed by atoms with Gasteiger partial charge < -0.3 is 5.11 Å². The normalized spacial score (nSPS) is 14.1.